The number of alkyl halides is 1. The molecule has 2 aromatic rings. The molecule has 1 fully saturated rings. The van der Waals surface area contributed by atoms with Crippen LogP contribution in [-0.2, 0) is 12.4 Å². The molecule has 0 spiro atoms. The molecule has 1 saturated heterocycles. The molecule has 0 amide bonds. The van der Waals surface area contributed by atoms with E-state index in [0.29, 0.717) is 11.8 Å². The molecular formula is C15H20ClN3O. The van der Waals surface area contributed by atoms with E-state index in [1.54, 1.807) is 7.11 Å². The molecule has 1 unspecified atom stereocenters. The van der Waals surface area contributed by atoms with E-state index >= 15 is 0 Å². The van der Waals surface area contributed by atoms with E-state index in [2.05, 4.69) is 27.6 Å². The Morgan fingerprint density at radius 3 is 2.95 bits per heavy atom. The summed E-state index contributed by atoms with van der Waals surface area (Å²) in [6.45, 7) is 3.30. The predicted molar refractivity (Wildman–Crippen MR) is 81.4 cm³/mol. The molecule has 20 heavy (non-hydrogen) atoms. The lowest BCUT2D eigenvalue weighted by Gasteiger charge is -2.14. The van der Waals surface area contributed by atoms with Crippen LogP contribution in [0.4, 0.5) is 0 Å². The van der Waals surface area contributed by atoms with Crippen molar-refractivity contribution in [1.29, 1.82) is 0 Å². The zero-order valence-corrected chi connectivity index (χ0v) is 12.7. The van der Waals surface area contributed by atoms with E-state index in [0.717, 1.165) is 35.7 Å². The van der Waals surface area contributed by atoms with Gasteiger partial charge in [-0.15, -0.1) is 11.6 Å². The highest BCUT2D eigenvalue weighted by Crippen LogP contribution is 2.28. The van der Waals surface area contributed by atoms with Crippen LogP contribution in [-0.4, -0.2) is 41.7 Å². The number of ether oxygens (including phenoxy) is 1. The van der Waals surface area contributed by atoms with Crippen molar-refractivity contribution >= 4 is 22.6 Å². The van der Waals surface area contributed by atoms with Crippen molar-refractivity contribution in [2.24, 2.45) is 5.92 Å². The van der Waals surface area contributed by atoms with Crippen LogP contribution in [0, 0.1) is 5.92 Å². The molecule has 1 atom stereocenters. The molecule has 0 bridgehead atoms. The van der Waals surface area contributed by atoms with E-state index in [9.17, 15) is 0 Å². The van der Waals surface area contributed by atoms with Gasteiger partial charge in [0.05, 0.1) is 18.5 Å². The smallest absolute Gasteiger partial charge is 0.146 e. The molecule has 1 aromatic carbocycles. The van der Waals surface area contributed by atoms with Gasteiger partial charge >= 0.3 is 0 Å². The number of imidazole rings is 1. The summed E-state index contributed by atoms with van der Waals surface area (Å²) in [7, 11) is 3.86. The first-order valence-electron chi connectivity index (χ1n) is 6.99. The second kappa shape index (κ2) is 5.62. The number of likely N-dealkylation sites (tertiary alicyclic amines) is 1. The van der Waals surface area contributed by atoms with Gasteiger partial charge in [-0.3, -0.25) is 0 Å². The Balaban J connectivity index is 2.00. The molecule has 0 saturated carbocycles. The monoisotopic (exact) mass is 293 g/mol. The maximum absolute atomic E-state index is 6.08. The number of fused-ring (bicyclic) bond motifs is 1. The van der Waals surface area contributed by atoms with Crippen molar-refractivity contribution in [3.63, 3.8) is 0 Å². The zero-order valence-electron chi connectivity index (χ0n) is 12.0. The highest BCUT2D eigenvalue weighted by atomic mass is 35.5. The maximum atomic E-state index is 6.08. The maximum Gasteiger partial charge on any atom is 0.146 e. The van der Waals surface area contributed by atoms with Gasteiger partial charge in [-0.25, -0.2) is 4.98 Å². The molecule has 3 rings (SSSR count). The number of hydrogen-bond acceptors (Lipinski definition) is 3. The van der Waals surface area contributed by atoms with E-state index < -0.39 is 0 Å². The van der Waals surface area contributed by atoms with E-state index in [1.165, 1.54) is 13.0 Å². The minimum atomic E-state index is 0.431. The fraction of sp³-hybridized carbons (Fsp3) is 0.533. The van der Waals surface area contributed by atoms with Crippen molar-refractivity contribution in [3.05, 3.63) is 24.0 Å². The first kappa shape index (κ1) is 13.7. The zero-order chi connectivity index (χ0) is 14.1. The number of methoxy groups -OCH3 is 1. The van der Waals surface area contributed by atoms with Gasteiger partial charge in [0.15, 0.2) is 0 Å². The van der Waals surface area contributed by atoms with Gasteiger partial charge in [0.2, 0.25) is 0 Å². The van der Waals surface area contributed by atoms with Crippen LogP contribution >= 0.6 is 11.6 Å². The van der Waals surface area contributed by atoms with Crippen LogP contribution in [0.5, 0.6) is 5.75 Å². The summed E-state index contributed by atoms with van der Waals surface area (Å²) in [4.78, 5) is 7.04. The van der Waals surface area contributed by atoms with Gasteiger partial charge in [0.1, 0.15) is 17.1 Å². The normalized spacial score (nSPS) is 19.9. The Morgan fingerprint density at radius 1 is 1.45 bits per heavy atom. The van der Waals surface area contributed by atoms with Gasteiger partial charge in [0, 0.05) is 13.1 Å². The molecule has 5 heteroatoms. The molecule has 0 radical (unpaired) electrons. The van der Waals surface area contributed by atoms with Crippen LogP contribution in [0.3, 0.4) is 0 Å². The Morgan fingerprint density at radius 2 is 2.30 bits per heavy atom. The molecule has 0 N–H and O–H groups in total. The van der Waals surface area contributed by atoms with Crippen LogP contribution < -0.4 is 4.74 Å². The highest BCUT2D eigenvalue weighted by molar-refractivity contribution is 6.16. The summed E-state index contributed by atoms with van der Waals surface area (Å²) in [5.74, 6) is 2.85. The van der Waals surface area contributed by atoms with E-state index in [-0.39, 0.29) is 0 Å². The number of rotatable bonds is 4. The average Bonchev–Trinajstić information content (AvgIpc) is 3.03. The molecule has 1 aliphatic heterocycles. The summed E-state index contributed by atoms with van der Waals surface area (Å²) in [5.41, 5.74) is 2.03. The molecule has 0 aliphatic carbocycles. The first-order chi connectivity index (χ1) is 9.72. The van der Waals surface area contributed by atoms with Crippen LogP contribution in [0.1, 0.15) is 12.2 Å². The van der Waals surface area contributed by atoms with Gasteiger partial charge in [-0.05, 0) is 38.1 Å². The summed E-state index contributed by atoms with van der Waals surface area (Å²) < 4.78 is 7.66. The second-order valence-corrected chi connectivity index (χ2v) is 5.78. The van der Waals surface area contributed by atoms with Gasteiger partial charge < -0.3 is 14.2 Å². The fourth-order valence-electron chi connectivity index (χ4n) is 3.07. The van der Waals surface area contributed by atoms with Crippen molar-refractivity contribution in [2.75, 3.05) is 27.2 Å². The average molecular weight is 294 g/mol. The third kappa shape index (κ3) is 2.38. The van der Waals surface area contributed by atoms with Crippen molar-refractivity contribution in [3.8, 4) is 5.75 Å². The largest absolute Gasteiger partial charge is 0.494 e. The third-order valence-electron chi connectivity index (χ3n) is 4.09. The summed E-state index contributed by atoms with van der Waals surface area (Å²) >= 11 is 6.08. The summed E-state index contributed by atoms with van der Waals surface area (Å²) in [6, 6.07) is 6.05. The topological polar surface area (TPSA) is 30.3 Å². The fourth-order valence-corrected chi connectivity index (χ4v) is 3.28. The molecule has 1 aromatic heterocycles. The van der Waals surface area contributed by atoms with Crippen molar-refractivity contribution in [2.45, 2.75) is 18.8 Å². The quantitative estimate of drug-likeness (QED) is 0.812. The Labute approximate surface area is 124 Å². The first-order valence-corrected chi connectivity index (χ1v) is 7.53. The summed E-state index contributed by atoms with van der Waals surface area (Å²) in [6.07, 6.45) is 1.24. The SMILES string of the molecule is COc1cccc2c1nc(CCl)n2CC1CCN(C)C1. The molecule has 1 aliphatic rings. The number of halogens is 1. The Kier molecular flexibility index (Phi) is 3.85. The standard InChI is InChI=1S/C15H20ClN3O/c1-18-7-6-11(9-18)10-19-12-4-3-5-13(20-2)15(12)17-14(19)8-16/h3-5,11H,6-10H2,1-2H3. The molecule has 2 heterocycles. The van der Waals surface area contributed by atoms with Crippen molar-refractivity contribution < 1.29 is 4.74 Å². The number of hydrogen-bond donors (Lipinski definition) is 0. The minimum absolute atomic E-state index is 0.431. The van der Waals surface area contributed by atoms with Crippen LogP contribution in [0.25, 0.3) is 11.0 Å². The highest BCUT2D eigenvalue weighted by Gasteiger charge is 2.22. The van der Waals surface area contributed by atoms with Crippen molar-refractivity contribution in [1.82, 2.24) is 14.5 Å². The lowest BCUT2D eigenvalue weighted by Crippen LogP contribution is -2.18. The number of para-hydroxylation sites is 1. The van der Waals surface area contributed by atoms with E-state index in [4.69, 9.17) is 16.3 Å². The summed E-state index contributed by atoms with van der Waals surface area (Å²) in [5, 5.41) is 0. The lowest BCUT2D eigenvalue weighted by molar-refractivity contribution is 0.378. The van der Waals surface area contributed by atoms with Gasteiger partial charge in [-0.1, -0.05) is 6.07 Å². The number of aromatic nitrogens is 2. The second-order valence-electron chi connectivity index (χ2n) is 5.52. The van der Waals surface area contributed by atoms with E-state index in [1.807, 2.05) is 12.1 Å². The van der Waals surface area contributed by atoms with Gasteiger partial charge in [-0.2, -0.15) is 0 Å². The molecule has 108 valence electrons. The Bertz CT molecular complexity index is 610. The van der Waals surface area contributed by atoms with Crippen LogP contribution in [0.15, 0.2) is 18.2 Å². The minimum Gasteiger partial charge on any atom is -0.494 e. The number of nitrogens with zero attached hydrogens (tertiary/aromatic N) is 3. The van der Waals surface area contributed by atoms with Gasteiger partial charge in [0.25, 0.3) is 0 Å². The Hall–Kier alpha value is -1.26. The molecular weight excluding hydrogens is 274 g/mol. The molecule has 4 nitrogen and oxygen atoms in total. The lowest BCUT2D eigenvalue weighted by atomic mass is 10.1. The number of benzene rings is 1. The third-order valence-corrected chi connectivity index (χ3v) is 4.33. The predicted octanol–water partition coefficient (Wildman–Crippen LogP) is 2.74. The van der Waals surface area contributed by atoms with Crippen LogP contribution in [0.2, 0.25) is 0 Å².